The van der Waals surface area contributed by atoms with Crippen molar-refractivity contribution in [2.45, 2.75) is 31.5 Å². The molecule has 0 saturated carbocycles. The molecule has 1 aliphatic rings. The highest BCUT2D eigenvalue weighted by molar-refractivity contribution is 14.1. The summed E-state index contributed by atoms with van der Waals surface area (Å²) in [6.07, 6.45) is 1.62. The maximum Gasteiger partial charge on any atom is 0.277 e. The molecular weight excluding hydrogens is 559 g/mol. The molecule has 32 heavy (non-hydrogen) atoms. The zero-order valence-corrected chi connectivity index (χ0v) is 22.1. The number of rotatable bonds is 10. The van der Waals surface area contributed by atoms with E-state index in [1.165, 1.54) is 17.1 Å². The van der Waals surface area contributed by atoms with Crippen LogP contribution in [0.5, 0.6) is 17.2 Å². The van der Waals surface area contributed by atoms with E-state index in [0.29, 0.717) is 28.4 Å². The van der Waals surface area contributed by atoms with Gasteiger partial charge in [0.1, 0.15) is 5.75 Å². The lowest BCUT2D eigenvalue weighted by Crippen LogP contribution is -2.24. The molecule has 0 aliphatic carbocycles. The molecule has 1 heterocycles. The van der Waals surface area contributed by atoms with Crippen LogP contribution in [0, 0.1) is 3.57 Å². The van der Waals surface area contributed by atoms with Crippen molar-refractivity contribution >= 4 is 58.2 Å². The lowest BCUT2D eigenvalue weighted by Gasteiger charge is -2.16. The van der Waals surface area contributed by atoms with Crippen molar-refractivity contribution in [2.75, 3.05) is 24.7 Å². The fraction of sp³-hybridized carbons (Fsp3) is 0.391. The normalized spacial score (nSPS) is 14.2. The minimum Gasteiger partial charge on any atom is -0.490 e. The maximum absolute atomic E-state index is 12.1. The van der Waals surface area contributed by atoms with Gasteiger partial charge in [0.25, 0.3) is 5.91 Å². The Morgan fingerprint density at radius 1 is 1.22 bits per heavy atom. The van der Waals surface area contributed by atoms with Gasteiger partial charge in [-0.25, -0.2) is 5.43 Å². The second kappa shape index (κ2) is 12.6. The summed E-state index contributed by atoms with van der Waals surface area (Å²) in [5, 5.41) is 4.04. The zero-order chi connectivity index (χ0) is 22.9. The van der Waals surface area contributed by atoms with Crippen LogP contribution in [0.25, 0.3) is 0 Å². The molecule has 2 aromatic carbocycles. The highest BCUT2D eigenvalue weighted by Gasteiger charge is 2.18. The van der Waals surface area contributed by atoms with Crippen LogP contribution < -0.4 is 19.6 Å². The van der Waals surface area contributed by atoms with E-state index in [-0.39, 0.29) is 18.6 Å². The molecule has 9 heteroatoms. The van der Waals surface area contributed by atoms with Gasteiger partial charge in [-0.1, -0.05) is 12.1 Å². The number of amides is 1. The predicted octanol–water partition coefficient (Wildman–Crippen LogP) is 5.48. The molecule has 1 saturated heterocycles. The lowest BCUT2D eigenvalue weighted by atomic mass is 10.2. The van der Waals surface area contributed by atoms with E-state index in [4.69, 9.17) is 14.2 Å². The van der Waals surface area contributed by atoms with Crippen LogP contribution >= 0.6 is 46.1 Å². The smallest absolute Gasteiger partial charge is 0.277 e. The summed E-state index contributed by atoms with van der Waals surface area (Å²) in [5.41, 5.74) is 4.58. The molecule has 1 N–H and O–H groups in total. The number of carbonyl (C=O) groups excluding carboxylic acids is 1. The van der Waals surface area contributed by atoms with Gasteiger partial charge in [0, 0.05) is 11.5 Å². The van der Waals surface area contributed by atoms with Gasteiger partial charge in [-0.3, -0.25) is 4.79 Å². The third kappa shape index (κ3) is 7.48. The number of ether oxygens (including phenoxy) is 3. The third-order valence-corrected chi connectivity index (χ3v) is 8.14. The van der Waals surface area contributed by atoms with Crippen LogP contribution in [0.3, 0.4) is 0 Å². The average Bonchev–Trinajstić information content (AvgIpc) is 3.30. The molecule has 2 aromatic rings. The largest absolute Gasteiger partial charge is 0.490 e. The van der Waals surface area contributed by atoms with Crippen molar-refractivity contribution in [1.29, 1.82) is 0 Å². The van der Waals surface area contributed by atoms with Crippen molar-refractivity contribution in [3.05, 3.63) is 51.1 Å². The summed E-state index contributed by atoms with van der Waals surface area (Å²) in [5.74, 6) is 4.09. The highest BCUT2D eigenvalue weighted by atomic mass is 127. The summed E-state index contributed by atoms with van der Waals surface area (Å²) in [6, 6.07) is 11.7. The summed E-state index contributed by atoms with van der Waals surface area (Å²) < 4.78 is 18.6. The van der Waals surface area contributed by atoms with E-state index in [0.717, 1.165) is 9.13 Å². The number of hydrogen-bond donors (Lipinski definition) is 1. The van der Waals surface area contributed by atoms with Gasteiger partial charge in [0.15, 0.2) is 18.1 Å². The Kier molecular flexibility index (Phi) is 9.86. The molecule has 6 nitrogen and oxygen atoms in total. The Bertz CT molecular complexity index is 932. The number of nitrogens with zero attached hydrogens (tertiary/aromatic N) is 1. The van der Waals surface area contributed by atoms with E-state index in [9.17, 15) is 4.79 Å². The zero-order valence-electron chi connectivity index (χ0n) is 18.3. The van der Waals surface area contributed by atoms with Gasteiger partial charge in [-0.15, -0.1) is 23.5 Å². The highest BCUT2D eigenvalue weighted by Crippen LogP contribution is 2.45. The van der Waals surface area contributed by atoms with Crippen LogP contribution in [0.4, 0.5) is 0 Å². The van der Waals surface area contributed by atoms with Crippen LogP contribution in [-0.4, -0.2) is 42.9 Å². The molecule has 0 atom stereocenters. The molecule has 0 bridgehead atoms. The van der Waals surface area contributed by atoms with E-state index in [1.807, 2.05) is 68.6 Å². The summed E-state index contributed by atoms with van der Waals surface area (Å²) in [6.45, 7) is 6.29. The van der Waals surface area contributed by atoms with Gasteiger partial charge < -0.3 is 14.2 Å². The fourth-order valence-corrected chi connectivity index (χ4v) is 6.52. The number of hydrogen-bond acceptors (Lipinski definition) is 7. The molecule has 0 aromatic heterocycles. The Morgan fingerprint density at radius 3 is 2.59 bits per heavy atom. The topological polar surface area (TPSA) is 69.2 Å². The molecular formula is C23H27IN2O4S2. The molecule has 0 spiro atoms. The number of hydrazone groups is 1. The molecule has 1 fully saturated rings. The van der Waals surface area contributed by atoms with Crippen LogP contribution in [0.15, 0.2) is 41.5 Å². The van der Waals surface area contributed by atoms with Crippen LogP contribution in [0.1, 0.15) is 36.5 Å². The SMILES string of the molecule is CCOc1cc(/C=N\NC(=O)COc2ccc(C3SCCS3)cc2)cc(I)c1OC(C)C. The number of halogens is 1. The number of benzene rings is 2. The Labute approximate surface area is 211 Å². The van der Waals surface area contributed by atoms with E-state index >= 15 is 0 Å². The second-order valence-corrected chi connectivity index (χ2v) is 11.0. The molecule has 0 unspecified atom stereocenters. The monoisotopic (exact) mass is 586 g/mol. The Hall–Kier alpha value is -1.59. The number of thioether (sulfide) groups is 2. The van der Waals surface area contributed by atoms with Gasteiger partial charge in [0.2, 0.25) is 0 Å². The first-order valence-electron chi connectivity index (χ1n) is 10.4. The molecule has 1 amide bonds. The third-order valence-electron chi connectivity index (χ3n) is 4.23. The van der Waals surface area contributed by atoms with E-state index in [2.05, 4.69) is 45.3 Å². The van der Waals surface area contributed by atoms with Crippen molar-refractivity contribution in [3.8, 4) is 17.2 Å². The molecule has 3 rings (SSSR count). The predicted molar refractivity (Wildman–Crippen MR) is 141 cm³/mol. The Balaban J connectivity index is 1.52. The van der Waals surface area contributed by atoms with Crippen molar-refractivity contribution in [2.24, 2.45) is 5.10 Å². The first kappa shape index (κ1) is 25.0. The van der Waals surface area contributed by atoms with Gasteiger partial charge >= 0.3 is 0 Å². The van der Waals surface area contributed by atoms with Crippen molar-refractivity contribution < 1.29 is 19.0 Å². The van der Waals surface area contributed by atoms with E-state index < -0.39 is 0 Å². The minimum absolute atomic E-state index is 0.0400. The standard InChI is InChI=1S/C23H27IN2O4S2/c1-4-28-20-12-16(11-19(24)22(20)30-15(2)3)13-25-26-21(27)14-29-18-7-5-17(6-8-18)23-31-9-10-32-23/h5-8,11-13,15,23H,4,9-10,14H2,1-3H3,(H,26,27)/b25-13-. The number of nitrogens with one attached hydrogen (secondary N) is 1. The quantitative estimate of drug-likeness (QED) is 0.226. The first-order chi connectivity index (χ1) is 15.5. The molecule has 1 aliphatic heterocycles. The molecule has 0 radical (unpaired) electrons. The minimum atomic E-state index is -0.327. The van der Waals surface area contributed by atoms with Crippen LogP contribution in [-0.2, 0) is 4.79 Å². The lowest BCUT2D eigenvalue weighted by molar-refractivity contribution is -0.123. The first-order valence-corrected chi connectivity index (χ1v) is 13.5. The van der Waals surface area contributed by atoms with Crippen molar-refractivity contribution in [1.82, 2.24) is 5.43 Å². The Morgan fingerprint density at radius 2 is 1.94 bits per heavy atom. The molecule has 172 valence electrons. The summed E-state index contributed by atoms with van der Waals surface area (Å²) in [4.78, 5) is 12.1. The van der Waals surface area contributed by atoms with E-state index in [1.54, 1.807) is 6.21 Å². The van der Waals surface area contributed by atoms with Crippen LogP contribution in [0.2, 0.25) is 0 Å². The second-order valence-electron chi connectivity index (χ2n) is 7.15. The summed E-state index contributed by atoms with van der Waals surface area (Å²) >= 11 is 6.13. The van der Waals surface area contributed by atoms with Gasteiger partial charge in [0.05, 0.1) is 27.1 Å². The average molecular weight is 587 g/mol. The maximum atomic E-state index is 12.1. The van der Waals surface area contributed by atoms with Gasteiger partial charge in [-0.2, -0.15) is 5.10 Å². The fourth-order valence-electron chi connectivity index (χ4n) is 2.91. The van der Waals surface area contributed by atoms with Gasteiger partial charge in [-0.05, 0) is 78.8 Å². The van der Waals surface area contributed by atoms with Crippen molar-refractivity contribution in [3.63, 3.8) is 0 Å². The number of carbonyl (C=O) groups is 1. The summed E-state index contributed by atoms with van der Waals surface area (Å²) in [7, 11) is 0.